The van der Waals surface area contributed by atoms with Crippen LogP contribution in [0.1, 0.15) is 12.8 Å². The number of carboxylic acids is 1. The summed E-state index contributed by atoms with van der Waals surface area (Å²) in [5.74, 6) is -0.0108. The van der Waals surface area contributed by atoms with Crippen molar-refractivity contribution in [3.8, 4) is 5.75 Å². The number of aliphatic carboxylic acids is 1. The average molecular weight is 256 g/mol. The van der Waals surface area contributed by atoms with Crippen molar-refractivity contribution in [2.45, 2.75) is 18.9 Å². The number of ether oxygens (including phenoxy) is 1. The lowest BCUT2D eigenvalue weighted by Crippen LogP contribution is -2.31. The number of carbonyl (C=O) groups is 1. The maximum Gasteiger partial charge on any atom is 0.326 e. The number of rotatable bonds is 5. The summed E-state index contributed by atoms with van der Waals surface area (Å²) in [5, 5.41) is 12.6. The van der Waals surface area contributed by atoms with E-state index in [9.17, 15) is 4.79 Å². The lowest BCUT2D eigenvalue weighted by atomic mass is 10.1. The third-order valence-corrected chi connectivity index (χ3v) is 3.13. The molecule has 0 bridgehead atoms. The highest BCUT2D eigenvalue weighted by Crippen LogP contribution is 2.35. The van der Waals surface area contributed by atoms with Crippen LogP contribution in [0.15, 0.2) is 18.2 Å². The molecule has 1 aliphatic carbocycles. The van der Waals surface area contributed by atoms with Gasteiger partial charge >= 0.3 is 5.97 Å². The molecule has 0 aliphatic heterocycles. The Hall–Kier alpha value is -1.42. The van der Waals surface area contributed by atoms with Crippen LogP contribution in [0.25, 0.3) is 0 Å². The highest BCUT2D eigenvalue weighted by atomic mass is 35.5. The monoisotopic (exact) mass is 255 g/mol. The fourth-order valence-corrected chi connectivity index (χ4v) is 2.00. The van der Waals surface area contributed by atoms with Crippen molar-refractivity contribution in [3.05, 3.63) is 23.2 Å². The van der Waals surface area contributed by atoms with Crippen LogP contribution in [0.3, 0.4) is 0 Å². The number of hydrogen-bond acceptors (Lipinski definition) is 3. The molecule has 1 aromatic carbocycles. The quantitative estimate of drug-likeness (QED) is 0.849. The number of nitrogens with one attached hydrogen (secondary N) is 1. The third kappa shape index (κ3) is 2.82. The minimum atomic E-state index is -0.820. The molecule has 0 amide bonds. The Bertz CT molecular complexity index is 432. The molecule has 0 spiro atoms. The van der Waals surface area contributed by atoms with Crippen molar-refractivity contribution in [2.24, 2.45) is 5.92 Å². The van der Waals surface area contributed by atoms with Gasteiger partial charge in [-0.3, -0.25) is 0 Å². The first-order valence-corrected chi connectivity index (χ1v) is 5.82. The van der Waals surface area contributed by atoms with Crippen LogP contribution in [-0.2, 0) is 4.79 Å². The molecule has 0 aromatic heterocycles. The van der Waals surface area contributed by atoms with Crippen molar-refractivity contribution in [1.29, 1.82) is 0 Å². The lowest BCUT2D eigenvalue weighted by molar-refractivity contribution is -0.138. The van der Waals surface area contributed by atoms with E-state index in [-0.39, 0.29) is 5.92 Å². The van der Waals surface area contributed by atoms with Gasteiger partial charge in [0.1, 0.15) is 11.8 Å². The van der Waals surface area contributed by atoms with Crippen molar-refractivity contribution in [1.82, 2.24) is 0 Å². The number of carboxylic acid groups (broad SMARTS) is 1. The van der Waals surface area contributed by atoms with Crippen molar-refractivity contribution in [2.75, 3.05) is 12.4 Å². The topological polar surface area (TPSA) is 58.6 Å². The minimum absolute atomic E-state index is 0.230. The lowest BCUT2D eigenvalue weighted by Gasteiger charge is -2.15. The highest BCUT2D eigenvalue weighted by Gasteiger charge is 2.36. The second-order valence-corrected chi connectivity index (χ2v) is 4.55. The highest BCUT2D eigenvalue weighted by molar-refractivity contribution is 6.32. The Morgan fingerprint density at radius 1 is 1.59 bits per heavy atom. The van der Waals surface area contributed by atoms with Crippen molar-refractivity contribution < 1.29 is 14.6 Å². The molecule has 1 saturated carbocycles. The summed E-state index contributed by atoms with van der Waals surface area (Å²) in [7, 11) is 1.54. The molecule has 1 aliphatic rings. The molecule has 1 unspecified atom stereocenters. The van der Waals surface area contributed by atoms with E-state index in [2.05, 4.69) is 5.32 Å². The average Bonchev–Trinajstić information content (AvgIpc) is 3.09. The molecule has 2 rings (SSSR count). The largest absolute Gasteiger partial charge is 0.495 e. The van der Waals surface area contributed by atoms with E-state index in [0.29, 0.717) is 16.5 Å². The summed E-state index contributed by atoms with van der Waals surface area (Å²) >= 11 is 5.98. The van der Waals surface area contributed by atoms with E-state index in [0.717, 1.165) is 12.8 Å². The second-order valence-electron chi connectivity index (χ2n) is 4.15. The molecule has 0 saturated heterocycles. The fourth-order valence-electron chi connectivity index (χ4n) is 1.75. The molecule has 0 heterocycles. The second kappa shape index (κ2) is 4.84. The summed E-state index contributed by atoms with van der Waals surface area (Å²) in [6.07, 6.45) is 1.93. The van der Waals surface area contributed by atoms with Crippen LogP contribution < -0.4 is 10.1 Å². The molecule has 92 valence electrons. The molecule has 5 heteroatoms. The number of hydrogen-bond donors (Lipinski definition) is 2. The van der Waals surface area contributed by atoms with Gasteiger partial charge in [-0.25, -0.2) is 4.79 Å². The van der Waals surface area contributed by atoms with Gasteiger partial charge in [0.15, 0.2) is 0 Å². The molecule has 1 atom stereocenters. The maximum absolute atomic E-state index is 11.1. The standard InChI is InChI=1S/C12H14ClNO3/c1-17-10-5-4-8(6-9(10)13)14-11(12(15)16)7-2-3-7/h4-7,11,14H,2-3H2,1H3,(H,15,16). The number of anilines is 1. The van der Waals surface area contributed by atoms with Gasteiger partial charge in [0.05, 0.1) is 12.1 Å². The van der Waals surface area contributed by atoms with Crippen LogP contribution in [0.4, 0.5) is 5.69 Å². The minimum Gasteiger partial charge on any atom is -0.495 e. The van der Waals surface area contributed by atoms with Gasteiger partial charge in [0.2, 0.25) is 0 Å². The number of benzene rings is 1. The van der Waals surface area contributed by atoms with E-state index in [4.69, 9.17) is 21.4 Å². The predicted octanol–water partition coefficient (Wildman–Crippen LogP) is 2.62. The van der Waals surface area contributed by atoms with Gasteiger partial charge in [-0.15, -0.1) is 0 Å². The Kier molecular flexibility index (Phi) is 3.43. The van der Waals surface area contributed by atoms with Gasteiger partial charge in [0.25, 0.3) is 0 Å². The first-order valence-electron chi connectivity index (χ1n) is 5.44. The van der Waals surface area contributed by atoms with E-state index < -0.39 is 12.0 Å². The van der Waals surface area contributed by atoms with Gasteiger partial charge in [0, 0.05) is 5.69 Å². The zero-order valence-electron chi connectivity index (χ0n) is 9.44. The van der Waals surface area contributed by atoms with E-state index in [1.165, 1.54) is 0 Å². The third-order valence-electron chi connectivity index (χ3n) is 2.83. The zero-order chi connectivity index (χ0) is 12.4. The fraction of sp³-hybridized carbons (Fsp3) is 0.417. The SMILES string of the molecule is COc1ccc(NC(C(=O)O)C2CC2)cc1Cl. The van der Waals surface area contributed by atoms with Gasteiger partial charge in [-0.05, 0) is 37.0 Å². The summed E-state index contributed by atoms with van der Waals surface area (Å²) in [4.78, 5) is 11.1. The normalized spacial score (nSPS) is 16.4. The van der Waals surface area contributed by atoms with E-state index in [1.54, 1.807) is 25.3 Å². The summed E-state index contributed by atoms with van der Waals surface area (Å²) in [6, 6.07) is 4.64. The predicted molar refractivity (Wildman–Crippen MR) is 65.8 cm³/mol. The zero-order valence-corrected chi connectivity index (χ0v) is 10.2. The Morgan fingerprint density at radius 2 is 2.29 bits per heavy atom. The Labute approximate surface area is 105 Å². The van der Waals surface area contributed by atoms with Crippen LogP contribution >= 0.6 is 11.6 Å². The van der Waals surface area contributed by atoms with Crippen LogP contribution in [0, 0.1) is 5.92 Å². The molecular weight excluding hydrogens is 242 g/mol. The molecule has 17 heavy (non-hydrogen) atoms. The van der Waals surface area contributed by atoms with Gasteiger partial charge in [-0.1, -0.05) is 11.6 Å². The van der Waals surface area contributed by atoms with Crippen molar-refractivity contribution in [3.63, 3.8) is 0 Å². The smallest absolute Gasteiger partial charge is 0.326 e. The summed E-state index contributed by atoms with van der Waals surface area (Å²) in [6.45, 7) is 0. The van der Waals surface area contributed by atoms with Gasteiger partial charge in [-0.2, -0.15) is 0 Å². The molecule has 0 radical (unpaired) electrons. The van der Waals surface area contributed by atoms with E-state index in [1.807, 2.05) is 0 Å². The van der Waals surface area contributed by atoms with E-state index >= 15 is 0 Å². The number of halogens is 1. The molecular formula is C12H14ClNO3. The summed E-state index contributed by atoms with van der Waals surface area (Å²) < 4.78 is 5.04. The van der Waals surface area contributed by atoms with Crippen molar-refractivity contribution >= 4 is 23.3 Å². The first-order chi connectivity index (χ1) is 8.11. The molecule has 4 nitrogen and oxygen atoms in total. The Balaban J connectivity index is 2.11. The molecule has 1 fully saturated rings. The number of methoxy groups -OCH3 is 1. The van der Waals surface area contributed by atoms with Gasteiger partial charge < -0.3 is 15.2 Å². The first kappa shape index (κ1) is 12.0. The molecule has 2 N–H and O–H groups in total. The van der Waals surface area contributed by atoms with Crippen LogP contribution in [-0.4, -0.2) is 24.2 Å². The van der Waals surface area contributed by atoms with Crippen LogP contribution in [0.5, 0.6) is 5.75 Å². The summed E-state index contributed by atoms with van der Waals surface area (Å²) in [5.41, 5.74) is 0.704. The molecule has 1 aromatic rings. The Morgan fingerprint density at radius 3 is 2.76 bits per heavy atom. The maximum atomic E-state index is 11.1. The van der Waals surface area contributed by atoms with Crippen LogP contribution in [0.2, 0.25) is 5.02 Å².